The molecule has 1 aliphatic rings. The van der Waals surface area contributed by atoms with E-state index < -0.39 is 16.0 Å². The molecule has 1 fully saturated rings. The minimum atomic E-state index is -4.32. The van der Waals surface area contributed by atoms with E-state index in [-0.39, 0.29) is 10.5 Å². The highest BCUT2D eigenvalue weighted by molar-refractivity contribution is 7.85. The Hall–Kier alpha value is -2.45. The van der Waals surface area contributed by atoms with Crippen molar-refractivity contribution in [2.24, 2.45) is 0 Å². The molecule has 0 radical (unpaired) electrons. The van der Waals surface area contributed by atoms with Crippen LogP contribution in [-0.2, 0) is 14.9 Å². The summed E-state index contributed by atoms with van der Waals surface area (Å²) in [6.45, 7) is 4.81. The summed E-state index contributed by atoms with van der Waals surface area (Å²) < 4.78 is 31.3. The van der Waals surface area contributed by atoms with Crippen LogP contribution in [0.2, 0.25) is 0 Å². The molecule has 0 atom stereocenters. The Morgan fingerprint density at radius 2 is 2.12 bits per heavy atom. The minimum Gasteiger partial charge on any atom is -0.360 e. The highest BCUT2D eigenvalue weighted by Crippen LogP contribution is 2.15. The Labute approximate surface area is 152 Å². The van der Waals surface area contributed by atoms with Crippen LogP contribution in [0.3, 0.4) is 0 Å². The van der Waals surface area contributed by atoms with Gasteiger partial charge in [-0.15, -0.1) is 0 Å². The lowest BCUT2D eigenvalue weighted by Gasteiger charge is -2.27. The molecule has 140 valence electrons. The first kappa shape index (κ1) is 19.9. The molecule has 10 heteroatoms. The summed E-state index contributed by atoms with van der Waals surface area (Å²) in [7, 11) is -4.32. The summed E-state index contributed by atoms with van der Waals surface area (Å²) in [6, 6.07) is 7.21. The summed E-state index contributed by atoms with van der Waals surface area (Å²) in [6.07, 6.45) is 1.20. The number of anilines is 1. The first-order valence-electron chi connectivity index (χ1n) is 8.06. The van der Waals surface area contributed by atoms with Crippen molar-refractivity contribution in [2.75, 3.05) is 44.6 Å². The summed E-state index contributed by atoms with van der Waals surface area (Å²) >= 11 is 0. The number of piperazine rings is 1. The molecule has 26 heavy (non-hydrogen) atoms. The summed E-state index contributed by atoms with van der Waals surface area (Å²) in [5.74, 6) is -0.513. The Balaban J connectivity index is 1.90. The van der Waals surface area contributed by atoms with E-state index in [0.717, 1.165) is 26.2 Å². The number of nitriles is 1. The van der Waals surface area contributed by atoms with Gasteiger partial charge in [0.1, 0.15) is 11.6 Å². The van der Waals surface area contributed by atoms with Crippen molar-refractivity contribution in [2.45, 2.75) is 4.90 Å². The Bertz CT molecular complexity index is 810. The second kappa shape index (κ2) is 9.30. The molecule has 0 aromatic heterocycles. The maximum absolute atomic E-state index is 12.1. The molecule has 1 aromatic rings. The van der Waals surface area contributed by atoms with E-state index in [1.165, 1.54) is 24.4 Å². The van der Waals surface area contributed by atoms with Crippen LogP contribution in [0.4, 0.5) is 5.69 Å². The van der Waals surface area contributed by atoms with E-state index in [9.17, 15) is 13.2 Å². The number of carbonyl (C=O) groups excluding carboxylic acids is 1. The highest BCUT2D eigenvalue weighted by atomic mass is 32.2. The van der Waals surface area contributed by atoms with Gasteiger partial charge < -0.3 is 16.0 Å². The van der Waals surface area contributed by atoms with Crippen molar-refractivity contribution in [3.63, 3.8) is 0 Å². The van der Waals surface area contributed by atoms with Gasteiger partial charge in [-0.05, 0) is 18.2 Å². The van der Waals surface area contributed by atoms with Crippen LogP contribution in [-0.4, -0.2) is 63.0 Å². The molecule has 1 amide bonds. The van der Waals surface area contributed by atoms with E-state index in [1.807, 2.05) is 0 Å². The van der Waals surface area contributed by atoms with Crippen LogP contribution in [0.25, 0.3) is 0 Å². The second-order valence-corrected chi connectivity index (χ2v) is 7.09. The number of rotatable bonds is 7. The van der Waals surface area contributed by atoms with Gasteiger partial charge in [-0.2, -0.15) is 13.7 Å². The lowest BCUT2D eigenvalue weighted by molar-refractivity contribution is -0.117. The summed E-state index contributed by atoms with van der Waals surface area (Å²) in [5, 5.41) is 17.8. The number of benzene rings is 1. The molecule has 1 heterocycles. The molecular weight excluding hydrogens is 358 g/mol. The van der Waals surface area contributed by atoms with Crippen molar-refractivity contribution < 1.29 is 17.8 Å². The maximum Gasteiger partial charge on any atom is 0.294 e. The van der Waals surface area contributed by atoms with Crippen LogP contribution in [0.15, 0.2) is 40.9 Å². The molecule has 1 saturated heterocycles. The zero-order valence-electron chi connectivity index (χ0n) is 14.1. The third kappa shape index (κ3) is 6.12. The summed E-state index contributed by atoms with van der Waals surface area (Å²) in [5.41, 5.74) is 0.184. The van der Waals surface area contributed by atoms with E-state index in [0.29, 0.717) is 18.8 Å². The molecule has 2 rings (SSSR count). The highest BCUT2D eigenvalue weighted by Gasteiger charge is 2.12. The van der Waals surface area contributed by atoms with Crippen molar-refractivity contribution >= 4 is 21.7 Å². The quantitative estimate of drug-likeness (QED) is 0.290. The number of carbonyl (C=O) groups is 1. The standard InChI is InChI=1S/C16H21N5O4S/c17-11-13(16(22)19-6-9-21-7-4-18-5-8-21)12-20-14-2-1-3-15(10-14)26(23,24)25/h1-3,10,12,18,20H,4-9H2,(H,19,22)(H,23,24,25)/b13-12-. The fourth-order valence-electron chi connectivity index (χ4n) is 2.41. The second-order valence-electron chi connectivity index (χ2n) is 5.66. The third-order valence-electron chi connectivity index (χ3n) is 3.80. The van der Waals surface area contributed by atoms with E-state index in [2.05, 4.69) is 20.9 Å². The van der Waals surface area contributed by atoms with Crippen LogP contribution >= 0.6 is 0 Å². The molecule has 1 aromatic carbocycles. The lowest BCUT2D eigenvalue weighted by Crippen LogP contribution is -2.46. The molecule has 4 N–H and O–H groups in total. The molecule has 0 bridgehead atoms. The minimum absolute atomic E-state index is 0.137. The molecule has 1 aliphatic heterocycles. The lowest BCUT2D eigenvalue weighted by atomic mass is 10.2. The molecular formula is C16H21N5O4S. The van der Waals surface area contributed by atoms with Gasteiger partial charge in [0.25, 0.3) is 16.0 Å². The van der Waals surface area contributed by atoms with Gasteiger partial charge in [-0.25, -0.2) is 0 Å². The molecule has 0 aliphatic carbocycles. The Morgan fingerprint density at radius 3 is 2.77 bits per heavy atom. The van der Waals surface area contributed by atoms with Gasteiger partial charge in [-0.3, -0.25) is 14.2 Å². The van der Waals surface area contributed by atoms with Crippen molar-refractivity contribution in [1.29, 1.82) is 5.26 Å². The fourth-order valence-corrected chi connectivity index (χ4v) is 2.93. The number of hydrogen-bond donors (Lipinski definition) is 4. The summed E-state index contributed by atoms with van der Waals surface area (Å²) in [4.78, 5) is 14.0. The van der Waals surface area contributed by atoms with Gasteiger partial charge in [0, 0.05) is 51.2 Å². The predicted octanol–water partition coefficient (Wildman–Crippen LogP) is -0.226. The van der Waals surface area contributed by atoms with Crippen molar-refractivity contribution in [3.05, 3.63) is 36.0 Å². The van der Waals surface area contributed by atoms with Gasteiger partial charge in [-0.1, -0.05) is 6.07 Å². The smallest absolute Gasteiger partial charge is 0.294 e. The first-order chi connectivity index (χ1) is 12.4. The van der Waals surface area contributed by atoms with Crippen LogP contribution in [0, 0.1) is 11.3 Å². The number of hydrogen-bond acceptors (Lipinski definition) is 7. The maximum atomic E-state index is 12.1. The van der Waals surface area contributed by atoms with Crippen LogP contribution in [0.1, 0.15) is 0 Å². The largest absolute Gasteiger partial charge is 0.360 e. The van der Waals surface area contributed by atoms with Gasteiger partial charge in [0.05, 0.1) is 4.90 Å². The zero-order valence-corrected chi connectivity index (χ0v) is 14.9. The number of nitrogens with one attached hydrogen (secondary N) is 3. The third-order valence-corrected chi connectivity index (χ3v) is 4.65. The predicted molar refractivity (Wildman–Crippen MR) is 95.9 cm³/mol. The van der Waals surface area contributed by atoms with E-state index >= 15 is 0 Å². The van der Waals surface area contributed by atoms with Crippen LogP contribution < -0.4 is 16.0 Å². The topological polar surface area (TPSA) is 135 Å². The normalized spacial score (nSPS) is 15.9. The first-order valence-corrected chi connectivity index (χ1v) is 9.50. The Kier molecular flexibility index (Phi) is 7.11. The zero-order chi connectivity index (χ0) is 19.0. The van der Waals surface area contributed by atoms with Crippen LogP contribution in [0.5, 0.6) is 0 Å². The average molecular weight is 379 g/mol. The van der Waals surface area contributed by atoms with E-state index in [1.54, 1.807) is 12.1 Å². The molecule has 9 nitrogen and oxygen atoms in total. The van der Waals surface area contributed by atoms with Gasteiger partial charge in [0.15, 0.2) is 0 Å². The fraction of sp³-hybridized carbons (Fsp3) is 0.375. The number of nitrogens with zero attached hydrogens (tertiary/aromatic N) is 2. The van der Waals surface area contributed by atoms with Gasteiger partial charge >= 0.3 is 0 Å². The van der Waals surface area contributed by atoms with Crippen molar-refractivity contribution in [1.82, 2.24) is 15.5 Å². The van der Waals surface area contributed by atoms with Gasteiger partial charge in [0.2, 0.25) is 0 Å². The number of amides is 1. The average Bonchev–Trinajstić information content (AvgIpc) is 2.63. The van der Waals surface area contributed by atoms with Crippen molar-refractivity contribution in [3.8, 4) is 6.07 Å². The monoisotopic (exact) mass is 379 g/mol. The molecule has 0 spiro atoms. The molecule has 0 saturated carbocycles. The molecule has 0 unspecified atom stereocenters. The van der Waals surface area contributed by atoms with E-state index in [4.69, 9.17) is 9.81 Å². The SMILES string of the molecule is N#C/C(=C/Nc1cccc(S(=O)(=O)O)c1)C(=O)NCCN1CCNCC1. The Morgan fingerprint density at radius 1 is 1.38 bits per heavy atom.